The lowest BCUT2D eigenvalue weighted by atomic mass is 10.1. The molecule has 5 heteroatoms. The maximum atomic E-state index is 11.7. The normalized spacial score (nSPS) is 13.5. The molecule has 0 spiro atoms. The molecule has 0 saturated heterocycles. The zero-order valence-corrected chi connectivity index (χ0v) is 10.6. The van der Waals surface area contributed by atoms with Crippen molar-refractivity contribution in [3.8, 4) is 0 Å². The topological polar surface area (TPSA) is 81.4 Å². The van der Waals surface area contributed by atoms with Gasteiger partial charge in [-0.15, -0.1) is 0 Å². The standard InChI is InChI=1S/C13H18N2O3/c1-9(13(17)18-2)15-12(16)11(14)8-10-6-4-3-5-7-10/h3-7,9,11H,8,14H2,1-2H3,(H,15,16)/t9?,11-/m1/s1. The highest BCUT2D eigenvalue weighted by Crippen LogP contribution is 2.02. The van der Waals surface area contributed by atoms with Crippen LogP contribution < -0.4 is 11.1 Å². The summed E-state index contributed by atoms with van der Waals surface area (Å²) in [6, 6.07) is 8.10. The Balaban J connectivity index is 2.49. The van der Waals surface area contributed by atoms with Gasteiger partial charge >= 0.3 is 5.97 Å². The molecule has 0 aromatic heterocycles. The van der Waals surface area contributed by atoms with Crippen molar-refractivity contribution in [2.24, 2.45) is 5.73 Å². The molecule has 0 aliphatic rings. The van der Waals surface area contributed by atoms with Crippen LogP contribution in [-0.4, -0.2) is 31.1 Å². The number of methoxy groups -OCH3 is 1. The van der Waals surface area contributed by atoms with Crippen molar-refractivity contribution in [3.05, 3.63) is 35.9 Å². The van der Waals surface area contributed by atoms with Gasteiger partial charge in [0, 0.05) is 0 Å². The second-order valence-corrected chi connectivity index (χ2v) is 4.05. The summed E-state index contributed by atoms with van der Waals surface area (Å²) in [5.41, 5.74) is 6.75. The van der Waals surface area contributed by atoms with E-state index in [1.165, 1.54) is 7.11 Å². The third-order valence-electron chi connectivity index (χ3n) is 2.55. The molecule has 5 nitrogen and oxygen atoms in total. The monoisotopic (exact) mass is 250 g/mol. The van der Waals surface area contributed by atoms with E-state index in [0.717, 1.165) is 5.56 Å². The van der Waals surface area contributed by atoms with Crippen LogP contribution >= 0.6 is 0 Å². The van der Waals surface area contributed by atoms with E-state index < -0.39 is 18.1 Å². The number of nitrogens with one attached hydrogen (secondary N) is 1. The summed E-state index contributed by atoms with van der Waals surface area (Å²) in [5.74, 6) is -0.855. The van der Waals surface area contributed by atoms with E-state index in [1.54, 1.807) is 6.92 Å². The number of ether oxygens (including phenoxy) is 1. The third kappa shape index (κ3) is 4.18. The molecule has 0 saturated carbocycles. The van der Waals surface area contributed by atoms with Crippen LogP contribution in [0.25, 0.3) is 0 Å². The van der Waals surface area contributed by atoms with Gasteiger partial charge in [0.15, 0.2) is 0 Å². The number of amides is 1. The zero-order valence-electron chi connectivity index (χ0n) is 10.6. The largest absolute Gasteiger partial charge is 0.467 e. The van der Waals surface area contributed by atoms with Crippen molar-refractivity contribution in [2.45, 2.75) is 25.4 Å². The molecule has 3 N–H and O–H groups in total. The van der Waals surface area contributed by atoms with Gasteiger partial charge in [-0.2, -0.15) is 0 Å². The summed E-state index contributed by atoms with van der Waals surface area (Å²) >= 11 is 0. The van der Waals surface area contributed by atoms with Crippen LogP contribution in [0, 0.1) is 0 Å². The van der Waals surface area contributed by atoms with Gasteiger partial charge in [0.05, 0.1) is 13.2 Å². The Morgan fingerprint density at radius 3 is 2.50 bits per heavy atom. The second kappa shape index (κ2) is 6.76. The number of benzene rings is 1. The Hall–Kier alpha value is -1.88. The molecule has 1 amide bonds. The number of rotatable bonds is 5. The summed E-state index contributed by atoms with van der Waals surface area (Å²) in [4.78, 5) is 22.9. The summed E-state index contributed by atoms with van der Waals surface area (Å²) in [5, 5.41) is 2.51. The van der Waals surface area contributed by atoms with Crippen molar-refractivity contribution in [2.75, 3.05) is 7.11 Å². The predicted octanol–water partition coefficient (Wildman–Crippen LogP) is 0.234. The van der Waals surface area contributed by atoms with Crippen LogP contribution in [0.4, 0.5) is 0 Å². The molecular formula is C13H18N2O3. The van der Waals surface area contributed by atoms with Crippen molar-refractivity contribution < 1.29 is 14.3 Å². The minimum Gasteiger partial charge on any atom is -0.467 e. The number of esters is 1. The Bertz CT molecular complexity index is 406. The number of carbonyl (C=O) groups excluding carboxylic acids is 2. The fraction of sp³-hybridized carbons (Fsp3) is 0.385. The molecule has 0 fully saturated rings. The Kier molecular flexibility index (Phi) is 5.32. The first kappa shape index (κ1) is 14.2. The van der Waals surface area contributed by atoms with E-state index in [-0.39, 0.29) is 5.91 Å². The smallest absolute Gasteiger partial charge is 0.328 e. The Morgan fingerprint density at radius 1 is 1.33 bits per heavy atom. The first-order valence-electron chi connectivity index (χ1n) is 5.72. The van der Waals surface area contributed by atoms with Crippen LogP contribution in [0.3, 0.4) is 0 Å². The molecular weight excluding hydrogens is 232 g/mol. The van der Waals surface area contributed by atoms with E-state index in [0.29, 0.717) is 6.42 Å². The number of hydrogen-bond donors (Lipinski definition) is 2. The van der Waals surface area contributed by atoms with E-state index >= 15 is 0 Å². The summed E-state index contributed by atoms with van der Waals surface area (Å²) in [6.07, 6.45) is 0.431. The maximum Gasteiger partial charge on any atom is 0.328 e. The summed E-state index contributed by atoms with van der Waals surface area (Å²) in [7, 11) is 1.27. The third-order valence-corrected chi connectivity index (χ3v) is 2.55. The fourth-order valence-electron chi connectivity index (χ4n) is 1.52. The minimum absolute atomic E-state index is 0.364. The predicted molar refractivity (Wildman–Crippen MR) is 67.7 cm³/mol. The van der Waals surface area contributed by atoms with E-state index in [2.05, 4.69) is 10.1 Å². The second-order valence-electron chi connectivity index (χ2n) is 4.05. The van der Waals surface area contributed by atoms with Gasteiger partial charge in [-0.1, -0.05) is 30.3 Å². The van der Waals surface area contributed by atoms with Crippen LogP contribution in [0.1, 0.15) is 12.5 Å². The fourth-order valence-corrected chi connectivity index (χ4v) is 1.52. The summed E-state index contributed by atoms with van der Waals surface area (Å²) in [6.45, 7) is 1.55. The van der Waals surface area contributed by atoms with Crippen LogP contribution in [0.5, 0.6) is 0 Å². The average molecular weight is 250 g/mol. The average Bonchev–Trinajstić information content (AvgIpc) is 2.38. The minimum atomic E-state index is -0.690. The van der Waals surface area contributed by atoms with Gasteiger partial charge in [-0.25, -0.2) is 4.79 Å². The van der Waals surface area contributed by atoms with Gasteiger partial charge in [0.1, 0.15) is 6.04 Å². The Morgan fingerprint density at radius 2 is 1.94 bits per heavy atom. The van der Waals surface area contributed by atoms with Crippen molar-refractivity contribution in [3.63, 3.8) is 0 Å². The molecule has 1 aromatic rings. The molecule has 0 radical (unpaired) electrons. The molecule has 1 aromatic carbocycles. The van der Waals surface area contributed by atoms with Crippen molar-refractivity contribution in [1.29, 1.82) is 0 Å². The van der Waals surface area contributed by atoms with Gasteiger partial charge in [-0.3, -0.25) is 4.79 Å². The van der Waals surface area contributed by atoms with E-state index in [1.807, 2.05) is 30.3 Å². The molecule has 0 aliphatic carbocycles. The first-order chi connectivity index (χ1) is 8.54. The van der Waals surface area contributed by atoms with Gasteiger partial charge in [-0.05, 0) is 18.9 Å². The van der Waals surface area contributed by atoms with Gasteiger partial charge < -0.3 is 15.8 Å². The van der Waals surface area contributed by atoms with Gasteiger partial charge in [0.2, 0.25) is 5.91 Å². The lowest BCUT2D eigenvalue weighted by molar-refractivity contribution is -0.144. The number of carbonyl (C=O) groups is 2. The lowest BCUT2D eigenvalue weighted by Crippen LogP contribution is -2.48. The van der Waals surface area contributed by atoms with Crippen LogP contribution in [0.15, 0.2) is 30.3 Å². The SMILES string of the molecule is COC(=O)C(C)NC(=O)[C@H](N)Cc1ccccc1. The Labute approximate surface area is 106 Å². The van der Waals surface area contributed by atoms with E-state index in [9.17, 15) is 9.59 Å². The molecule has 98 valence electrons. The van der Waals surface area contributed by atoms with Gasteiger partial charge in [0.25, 0.3) is 0 Å². The zero-order chi connectivity index (χ0) is 13.5. The van der Waals surface area contributed by atoms with Crippen LogP contribution in [-0.2, 0) is 20.7 Å². The molecule has 0 heterocycles. The number of nitrogens with two attached hydrogens (primary N) is 1. The molecule has 0 bridgehead atoms. The molecule has 1 rings (SSSR count). The van der Waals surface area contributed by atoms with Crippen molar-refractivity contribution in [1.82, 2.24) is 5.32 Å². The lowest BCUT2D eigenvalue weighted by Gasteiger charge is -2.15. The quantitative estimate of drug-likeness (QED) is 0.733. The maximum absolute atomic E-state index is 11.7. The highest BCUT2D eigenvalue weighted by molar-refractivity contribution is 5.87. The highest BCUT2D eigenvalue weighted by atomic mass is 16.5. The first-order valence-corrected chi connectivity index (χ1v) is 5.72. The molecule has 18 heavy (non-hydrogen) atoms. The van der Waals surface area contributed by atoms with Crippen LogP contribution in [0.2, 0.25) is 0 Å². The number of hydrogen-bond acceptors (Lipinski definition) is 4. The molecule has 1 unspecified atom stereocenters. The highest BCUT2D eigenvalue weighted by Gasteiger charge is 2.20. The molecule has 2 atom stereocenters. The van der Waals surface area contributed by atoms with E-state index in [4.69, 9.17) is 5.73 Å². The summed E-state index contributed by atoms with van der Waals surface area (Å²) < 4.78 is 4.52. The molecule has 0 aliphatic heterocycles. The van der Waals surface area contributed by atoms with Crippen molar-refractivity contribution >= 4 is 11.9 Å².